The predicted octanol–water partition coefficient (Wildman–Crippen LogP) is 4.06. The van der Waals surface area contributed by atoms with Crippen LogP contribution >= 0.6 is 11.6 Å². The van der Waals surface area contributed by atoms with E-state index < -0.39 is 0 Å². The fourth-order valence-corrected chi connectivity index (χ4v) is 2.51. The van der Waals surface area contributed by atoms with Crippen LogP contribution in [-0.2, 0) is 6.54 Å². The summed E-state index contributed by atoms with van der Waals surface area (Å²) in [5.74, 6) is 0.293. The third kappa shape index (κ3) is 5.18. The molecule has 3 rings (SSSR count). The molecule has 0 atom stereocenters. The van der Waals surface area contributed by atoms with Gasteiger partial charge in [0.1, 0.15) is 5.82 Å². The van der Waals surface area contributed by atoms with E-state index in [-0.39, 0.29) is 11.6 Å². The Hall–Kier alpha value is -3.12. The molecule has 2 aromatic carbocycles. The number of halogens is 1. The molecule has 0 radical (unpaired) electrons. The van der Waals surface area contributed by atoms with Gasteiger partial charge in [-0.15, -0.1) is 10.2 Å². The van der Waals surface area contributed by atoms with Gasteiger partial charge in [0.25, 0.3) is 5.91 Å². The lowest BCUT2D eigenvalue weighted by Gasteiger charge is -2.13. The molecule has 0 aliphatic rings. The molecule has 27 heavy (non-hydrogen) atoms. The van der Waals surface area contributed by atoms with Crippen LogP contribution in [0.3, 0.4) is 0 Å². The number of hydrogen-bond acceptors (Lipinski definition) is 5. The normalized spacial score (nSPS) is 10.3. The van der Waals surface area contributed by atoms with Gasteiger partial charge in [-0.2, -0.15) is 0 Å². The van der Waals surface area contributed by atoms with Gasteiger partial charge in [0.2, 0.25) is 0 Å². The van der Waals surface area contributed by atoms with Gasteiger partial charge in [0.05, 0.1) is 0 Å². The van der Waals surface area contributed by atoms with Gasteiger partial charge < -0.3 is 15.5 Å². The summed E-state index contributed by atoms with van der Waals surface area (Å²) in [7, 11) is 3.93. The molecule has 0 saturated heterocycles. The van der Waals surface area contributed by atoms with Crippen LogP contribution in [0.5, 0.6) is 0 Å². The Balaban J connectivity index is 1.57. The SMILES string of the molecule is CN(C)c1ccc(NC(=O)c2ccc(NCc3ccc(Cl)cc3)nn2)cc1. The number of rotatable bonds is 6. The molecule has 0 bridgehead atoms. The van der Waals surface area contributed by atoms with Crippen LogP contribution < -0.4 is 15.5 Å². The zero-order valence-electron chi connectivity index (χ0n) is 15.1. The number of carbonyl (C=O) groups excluding carboxylic acids is 1. The first-order valence-electron chi connectivity index (χ1n) is 8.42. The summed E-state index contributed by atoms with van der Waals surface area (Å²) in [6.07, 6.45) is 0. The van der Waals surface area contributed by atoms with Crippen molar-refractivity contribution in [2.75, 3.05) is 29.6 Å². The van der Waals surface area contributed by atoms with Crippen molar-refractivity contribution in [3.8, 4) is 0 Å². The lowest BCUT2D eigenvalue weighted by Crippen LogP contribution is -2.15. The maximum absolute atomic E-state index is 12.3. The minimum Gasteiger partial charge on any atom is -0.378 e. The number of aromatic nitrogens is 2. The van der Waals surface area contributed by atoms with Crippen molar-refractivity contribution in [3.63, 3.8) is 0 Å². The van der Waals surface area contributed by atoms with Crippen molar-refractivity contribution in [3.05, 3.63) is 76.9 Å². The molecule has 0 fully saturated rings. The van der Waals surface area contributed by atoms with Gasteiger partial charge in [0, 0.05) is 37.0 Å². The predicted molar refractivity (Wildman–Crippen MR) is 110 cm³/mol. The highest BCUT2D eigenvalue weighted by Gasteiger charge is 2.09. The van der Waals surface area contributed by atoms with E-state index in [1.165, 1.54) is 0 Å². The van der Waals surface area contributed by atoms with Crippen LogP contribution in [0, 0.1) is 0 Å². The summed E-state index contributed by atoms with van der Waals surface area (Å²) in [5, 5.41) is 14.7. The smallest absolute Gasteiger partial charge is 0.276 e. The van der Waals surface area contributed by atoms with E-state index >= 15 is 0 Å². The molecule has 0 aliphatic carbocycles. The molecule has 6 nitrogen and oxygen atoms in total. The van der Waals surface area contributed by atoms with Gasteiger partial charge in [-0.1, -0.05) is 23.7 Å². The second-order valence-electron chi connectivity index (χ2n) is 6.18. The third-order valence-electron chi connectivity index (χ3n) is 3.93. The lowest BCUT2D eigenvalue weighted by molar-refractivity contribution is 0.102. The maximum atomic E-state index is 12.3. The van der Waals surface area contributed by atoms with Gasteiger partial charge in [0.15, 0.2) is 5.69 Å². The maximum Gasteiger partial charge on any atom is 0.276 e. The van der Waals surface area contributed by atoms with Crippen LogP contribution in [0.1, 0.15) is 16.1 Å². The first kappa shape index (κ1) is 18.7. The zero-order chi connectivity index (χ0) is 19.2. The highest BCUT2D eigenvalue weighted by molar-refractivity contribution is 6.30. The standard InChI is InChI=1S/C20H20ClN5O/c1-26(2)17-9-7-16(8-10-17)23-20(27)18-11-12-19(25-24-18)22-13-14-3-5-15(21)6-4-14/h3-12H,13H2,1-2H3,(H,22,25)(H,23,27). The Morgan fingerprint density at radius 3 is 2.26 bits per heavy atom. The van der Waals surface area contributed by atoms with E-state index in [2.05, 4.69) is 20.8 Å². The molecule has 0 spiro atoms. The minimum atomic E-state index is -0.302. The summed E-state index contributed by atoms with van der Waals surface area (Å²) in [6.45, 7) is 0.593. The fraction of sp³-hybridized carbons (Fsp3) is 0.150. The molecule has 2 N–H and O–H groups in total. The van der Waals surface area contributed by atoms with Crippen molar-refractivity contribution in [2.45, 2.75) is 6.54 Å². The molecular formula is C20H20ClN5O. The third-order valence-corrected chi connectivity index (χ3v) is 4.18. The van der Waals surface area contributed by atoms with E-state index in [1.54, 1.807) is 12.1 Å². The number of hydrogen-bond donors (Lipinski definition) is 2. The van der Waals surface area contributed by atoms with Crippen LogP contribution in [0.4, 0.5) is 17.2 Å². The molecule has 1 heterocycles. The lowest BCUT2D eigenvalue weighted by atomic mass is 10.2. The Bertz CT molecular complexity index is 893. The molecule has 0 aliphatic heterocycles. The van der Waals surface area contributed by atoms with Crippen molar-refractivity contribution in [1.29, 1.82) is 0 Å². The number of anilines is 3. The quantitative estimate of drug-likeness (QED) is 0.673. The largest absolute Gasteiger partial charge is 0.378 e. The van der Waals surface area contributed by atoms with Gasteiger partial charge in [-0.25, -0.2) is 0 Å². The Morgan fingerprint density at radius 1 is 0.963 bits per heavy atom. The van der Waals surface area contributed by atoms with Gasteiger partial charge >= 0.3 is 0 Å². The highest BCUT2D eigenvalue weighted by atomic mass is 35.5. The van der Waals surface area contributed by atoms with Gasteiger partial charge in [-0.05, 0) is 54.1 Å². The Morgan fingerprint density at radius 2 is 1.67 bits per heavy atom. The number of nitrogens with one attached hydrogen (secondary N) is 2. The average Bonchev–Trinajstić information content (AvgIpc) is 2.68. The molecule has 3 aromatic rings. The minimum absolute atomic E-state index is 0.253. The second kappa shape index (κ2) is 8.51. The van der Waals surface area contributed by atoms with Crippen molar-refractivity contribution in [2.24, 2.45) is 0 Å². The molecule has 1 amide bonds. The van der Waals surface area contributed by atoms with E-state index in [1.807, 2.05) is 67.5 Å². The van der Waals surface area contributed by atoms with Crippen LogP contribution in [0.25, 0.3) is 0 Å². The summed E-state index contributed by atoms with van der Waals surface area (Å²) < 4.78 is 0. The first-order valence-corrected chi connectivity index (χ1v) is 8.80. The van der Waals surface area contributed by atoms with E-state index in [4.69, 9.17) is 11.6 Å². The van der Waals surface area contributed by atoms with Crippen LogP contribution in [-0.4, -0.2) is 30.2 Å². The molecule has 138 valence electrons. The summed E-state index contributed by atoms with van der Waals surface area (Å²) in [6, 6.07) is 18.5. The van der Waals surface area contributed by atoms with Crippen LogP contribution in [0.2, 0.25) is 5.02 Å². The first-order chi connectivity index (χ1) is 13.0. The number of benzene rings is 2. The number of amides is 1. The molecule has 0 unspecified atom stereocenters. The second-order valence-corrected chi connectivity index (χ2v) is 6.62. The topological polar surface area (TPSA) is 70.2 Å². The molecular weight excluding hydrogens is 362 g/mol. The Labute approximate surface area is 163 Å². The molecule has 0 saturated carbocycles. The van der Waals surface area contributed by atoms with Crippen molar-refractivity contribution < 1.29 is 4.79 Å². The van der Waals surface area contributed by atoms with Crippen LogP contribution in [0.15, 0.2) is 60.7 Å². The zero-order valence-corrected chi connectivity index (χ0v) is 15.9. The number of nitrogens with zero attached hydrogens (tertiary/aromatic N) is 3. The summed E-state index contributed by atoms with van der Waals surface area (Å²) in [4.78, 5) is 14.3. The van der Waals surface area contributed by atoms with E-state index in [0.29, 0.717) is 23.1 Å². The van der Waals surface area contributed by atoms with E-state index in [0.717, 1.165) is 11.3 Å². The average molecular weight is 382 g/mol. The molecule has 7 heteroatoms. The van der Waals surface area contributed by atoms with Crippen molar-refractivity contribution in [1.82, 2.24) is 10.2 Å². The van der Waals surface area contributed by atoms with Crippen molar-refractivity contribution >= 4 is 34.7 Å². The highest BCUT2D eigenvalue weighted by Crippen LogP contribution is 2.16. The monoisotopic (exact) mass is 381 g/mol. The fourth-order valence-electron chi connectivity index (χ4n) is 2.38. The summed E-state index contributed by atoms with van der Waals surface area (Å²) >= 11 is 5.87. The van der Waals surface area contributed by atoms with Gasteiger partial charge in [-0.3, -0.25) is 4.79 Å². The van der Waals surface area contributed by atoms with E-state index in [9.17, 15) is 4.79 Å². The molecule has 1 aromatic heterocycles. The number of carbonyl (C=O) groups is 1. The Kier molecular flexibility index (Phi) is 5.88. The summed E-state index contributed by atoms with van der Waals surface area (Å²) in [5.41, 5.74) is 3.09.